The molecule has 4 nitrogen and oxygen atoms in total. The molecule has 0 radical (unpaired) electrons. The Hall–Kier alpha value is -1.29. The molecule has 1 unspecified atom stereocenters. The Kier molecular flexibility index (Phi) is 3.29. The number of nitrogens with two attached hydrogens (primary N) is 1. The van der Waals surface area contributed by atoms with Gasteiger partial charge in [0.1, 0.15) is 5.76 Å². The average molecular weight is 222 g/mol. The number of amides is 1. The number of furan rings is 1. The number of rotatable bonds is 5. The summed E-state index contributed by atoms with van der Waals surface area (Å²) in [6.07, 6.45) is 4.36. The van der Waals surface area contributed by atoms with E-state index in [-0.39, 0.29) is 18.0 Å². The molecule has 1 fully saturated rings. The average Bonchev–Trinajstić information content (AvgIpc) is 2.93. The number of carbonyl (C=O) groups is 1. The minimum atomic E-state index is -0.0890. The van der Waals surface area contributed by atoms with Crippen molar-refractivity contribution in [3.05, 3.63) is 24.2 Å². The number of carbonyl (C=O) groups excluding carboxylic acids is 1. The van der Waals surface area contributed by atoms with Crippen LogP contribution in [0, 0.1) is 5.92 Å². The molecule has 0 bridgehead atoms. The maximum absolute atomic E-state index is 11.7. The van der Waals surface area contributed by atoms with E-state index < -0.39 is 0 Å². The Morgan fingerprint density at radius 1 is 1.69 bits per heavy atom. The first-order chi connectivity index (χ1) is 7.66. The van der Waals surface area contributed by atoms with E-state index in [4.69, 9.17) is 10.2 Å². The highest BCUT2D eigenvalue weighted by molar-refractivity contribution is 5.77. The van der Waals surface area contributed by atoms with Gasteiger partial charge < -0.3 is 15.5 Å². The van der Waals surface area contributed by atoms with Crippen LogP contribution in [0.4, 0.5) is 0 Å². The largest absolute Gasteiger partial charge is 0.467 e. The minimum Gasteiger partial charge on any atom is -0.467 e. The van der Waals surface area contributed by atoms with Crippen LogP contribution in [0.1, 0.15) is 38.0 Å². The topological polar surface area (TPSA) is 68.3 Å². The van der Waals surface area contributed by atoms with Gasteiger partial charge in [-0.25, -0.2) is 0 Å². The van der Waals surface area contributed by atoms with E-state index >= 15 is 0 Å². The van der Waals surface area contributed by atoms with Gasteiger partial charge in [-0.1, -0.05) is 0 Å². The van der Waals surface area contributed by atoms with Crippen molar-refractivity contribution in [3.8, 4) is 0 Å². The first-order valence-corrected chi connectivity index (χ1v) is 5.75. The Morgan fingerprint density at radius 2 is 2.44 bits per heavy atom. The normalized spacial score (nSPS) is 19.1. The molecule has 1 aliphatic carbocycles. The second kappa shape index (κ2) is 4.70. The van der Waals surface area contributed by atoms with Crippen molar-refractivity contribution >= 4 is 5.91 Å². The molecule has 1 aliphatic rings. The summed E-state index contributed by atoms with van der Waals surface area (Å²) in [7, 11) is 0. The summed E-state index contributed by atoms with van der Waals surface area (Å²) in [5.41, 5.74) is 5.89. The van der Waals surface area contributed by atoms with E-state index in [0.717, 1.165) is 5.76 Å². The van der Waals surface area contributed by atoms with Gasteiger partial charge in [0.05, 0.1) is 12.3 Å². The lowest BCUT2D eigenvalue weighted by molar-refractivity contribution is -0.122. The fraction of sp³-hybridized carbons (Fsp3) is 0.583. The summed E-state index contributed by atoms with van der Waals surface area (Å²) >= 11 is 0. The van der Waals surface area contributed by atoms with E-state index in [2.05, 4.69) is 5.32 Å². The highest BCUT2D eigenvalue weighted by atomic mass is 16.3. The summed E-state index contributed by atoms with van der Waals surface area (Å²) in [5, 5.41) is 2.88. The van der Waals surface area contributed by atoms with Crippen LogP contribution in [-0.4, -0.2) is 11.9 Å². The van der Waals surface area contributed by atoms with Crippen molar-refractivity contribution < 1.29 is 9.21 Å². The van der Waals surface area contributed by atoms with Gasteiger partial charge in [-0.15, -0.1) is 0 Å². The third-order valence-electron chi connectivity index (χ3n) is 3.00. The Bertz CT molecular complexity index is 344. The number of nitrogens with one attached hydrogen (secondary N) is 1. The van der Waals surface area contributed by atoms with Gasteiger partial charge in [-0.05, 0) is 37.8 Å². The lowest BCUT2D eigenvalue weighted by Crippen LogP contribution is -2.34. The van der Waals surface area contributed by atoms with Gasteiger partial charge in [-0.3, -0.25) is 4.79 Å². The monoisotopic (exact) mass is 222 g/mol. The van der Waals surface area contributed by atoms with Crippen LogP contribution in [-0.2, 0) is 4.79 Å². The lowest BCUT2D eigenvalue weighted by atomic mass is 10.1. The molecule has 1 saturated carbocycles. The summed E-state index contributed by atoms with van der Waals surface area (Å²) in [4.78, 5) is 11.7. The van der Waals surface area contributed by atoms with E-state index in [1.165, 1.54) is 12.8 Å². The van der Waals surface area contributed by atoms with Crippen LogP contribution in [0.15, 0.2) is 22.8 Å². The Labute approximate surface area is 95.2 Å². The predicted octanol–water partition coefficient (Wildman–Crippen LogP) is 1.58. The van der Waals surface area contributed by atoms with Crippen molar-refractivity contribution in [2.24, 2.45) is 11.7 Å². The van der Waals surface area contributed by atoms with E-state index in [0.29, 0.717) is 12.3 Å². The molecule has 4 heteroatoms. The predicted molar refractivity (Wildman–Crippen MR) is 60.6 cm³/mol. The van der Waals surface area contributed by atoms with Crippen molar-refractivity contribution in [2.45, 2.75) is 38.3 Å². The zero-order chi connectivity index (χ0) is 11.5. The van der Waals surface area contributed by atoms with Crippen molar-refractivity contribution in [1.29, 1.82) is 0 Å². The molecular formula is C12H18N2O2. The van der Waals surface area contributed by atoms with Gasteiger partial charge in [0.15, 0.2) is 0 Å². The van der Waals surface area contributed by atoms with Crippen molar-refractivity contribution in [3.63, 3.8) is 0 Å². The highest BCUT2D eigenvalue weighted by Gasteiger charge is 2.30. The molecule has 3 N–H and O–H groups in total. The smallest absolute Gasteiger partial charge is 0.222 e. The molecule has 88 valence electrons. The van der Waals surface area contributed by atoms with Gasteiger partial charge >= 0.3 is 0 Å². The fourth-order valence-electron chi connectivity index (χ4n) is 1.81. The first kappa shape index (κ1) is 11.2. The van der Waals surface area contributed by atoms with E-state index in [1.807, 2.05) is 19.1 Å². The van der Waals surface area contributed by atoms with Crippen LogP contribution in [0.3, 0.4) is 0 Å². The Balaban J connectivity index is 1.78. The third kappa shape index (κ3) is 2.85. The van der Waals surface area contributed by atoms with Crippen LogP contribution >= 0.6 is 0 Å². The maximum atomic E-state index is 11.7. The minimum absolute atomic E-state index is 0.00306. The standard InChI is InChI=1S/C12H18N2O2/c1-8(11-3-2-6-16-11)14-12(15)7-10(13)9-4-5-9/h2-3,6,8-10H,4-5,7,13H2,1H3,(H,14,15)/t8-,10?/m0/s1. The summed E-state index contributed by atoms with van der Waals surface area (Å²) in [5.74, 6) is 1.33. The highest BCUT2D eigenvalue weighted by Crippen LogP contribution is 2.32. The van der Waals surface area contributed by atoms with Crippen LogP contribution in [0.2, 0.25) is 0 Å². The molecule has 1 aromatic rings. The molecule has 0 aromatic carbocycles. The second-order valence-corrected chi connectivity index (χ2v) is 4.51. The van der Waals surface area contributed by atoms with Gasteiger partial charge in [0.25, 0.3) is 0 Å². The molecule has 1 aromatic heterocycles. The molecule has 16 heavy (non-hydrogen) atoms. The maximum Gasteiger partial charge on any atom is 0.222 e. The van der Waals surface area contributed by atoms with Crippen molar-refractivity contribution in [1.82, 2.24) is 5.32 Å². The number of hydrogen-bond donors (Lipinski definition) is 2. The molecule has 0 aliphatic heterocycles. The third-order valence-corrected chi connectivity index (χ3v) is 3.00. The fourth-order valence-corrected chi connectivity index (χ4v) is 1.81. The summed E-state index contributed by atoms with van der Waals surface area (Å²) < 4.78 is 5.21. The van der Waals surface area contributed by atoms with Gasteiger partial charge in [0.2, 0.25) is 5.91 Å². The zero-order valence-corrected chi connectivity index (χ0v) is 9.48. The molecular weight excluding hydrogens is 204 g/mol. The molecule has 1 heterocycles. The van der Waals surface area contributed by atoms with Crippen LogP contribution in [0.25, 0.3) is 0 Å². The van der Waals surface area contributed by atoms with E-state index in [1.54, 1.807) is 6.26 Å². The summed E-state index contributed by atoms with van der Waals surface area (Å²) in [6.45, 7) is 1.90. The SMILES string of the molecule is C[C@H](NC(=O)CC(N)C1CC1)c1ccco1. The molecule has 2 rings (SSSR count). The molecule has 1 amide bonds. The molecule has 0 saturated heterocycles. The zero-order valence-electron chi connectivity index (χ0n) is 9.48. The second-order valence-electron chi connectivity index (χ2n) is 4.51. The van der Waals surface area contributed by atoms with E-state index in [9.17, 15) is 4.79 Å². The van der Waals surface area contributed by atoms with Crippen LogP contribution in [0.5, 0.6) is 0 Å². The van der Waals surface area contributed by atoms with Crippen LogP contribution < -0.4 is 11.1 Å². The lowest BCUT2D eigenvalue weighted by Gasteiger charge is -2.14. The first-order valence-electron chi connectivity index (χ1n) is 5.75. The Morgan fingerprint density at radius 3 is 3.00 bits per heavy atom. The van der Waals surface area contributed by atoms with Gasteiger partial charge in [0, 0.05) is 12.5 Å². The summed E-state index contributed by atoms with van der Waals surface area (Å²) in [6, 6.07) is 3.59. The number of hydrogen-bond acceptors (Lipinski definition) is 3. The van der Waals surface area contributed by atoms with Crippen molar-refractivity contribution in [2.75, 3.05) is 0 Å². The quantitative estimate of drug-likeness (QED) is 0.794. The molecule has 2 atom stereocenters. The van der Waals surface area contributed by atoms with Gasteiger partial charge in [-0.2, -0.15) is 0 Å². The molecule has 0 spiro atoms.